The van der Waals surface area contributed by atoms with E-state index in [0.717, 1.165) is 45.2 Å². The van der Waals surface area contributed by atoms with Crippen molar-refractivity contribution in [3.8, 4) is 0 Å². The molecule has 0 aromatic carbocycles. The number of esters is 1. The van der Waals surface area contributed by atoms with Crippen LogP contribution in [0.2, 0.25) is 0 Å². The van der Waals surface area contributed by atoms with Crippen molar-refractivity contribution in [2.75, 3.05) is 19.7 Å². The molecule has 3 rings (SSSR count). The zero-order valence-corrected chi connectivity index (χ0v) is 11.5. The van der Waals surface area contributed by atoms with Gasteiger partial charge in [-0.1, -0.05) is 0 Å². The van der Waals surface area contributed by atoms with Crippen molar-refractivity contribution >= 4 is 11.9 Å². The maximum Gasteiger partial charge on any atom is 0.323 e. The van der Waals surface area contributed by atoms with Crippen molar-refractivity contribution < 1.29 is 14.3 Å². The number of amides is 1. The SMILES string of the molecule is CC(=O)N1CCCC1C1CCCN1C1CCOC1=O. The minimum absolute atomic E-state index is 0.0677. The summed E-state index contributed by atoms with van der Waals surface area (Å²) >= 11 is 0. The Labute approximate surface area is 113 Å². The Morgan fingerprint density at radius 1 is 1.16 bits per heavy atom. The molecule has 5 nitrogen and oxygen atoms in total. The summed E-state index contributed by atoms with van der Waals surface area (Å²) in [5.41, 5.74) is 0. The van der Waals surface area contributed by atoms with Gasteiger partial charge >= 0.3 is 5.97 Å². The maximum atomic E-state index is 11.8. The molecule has 3 fully saturated rings. The van der Waals surface area contributed by atoms with Crippen molar-refractivity contribution in [1.29, 1.82) is 0 Å². The van der Waals surface area contributed by atoms with E-state index < -0.39 is 0 Å². The lowest BCUT2D eigenvalue weighted by atomic mass is 10.0. The van der Waals surface area contributed by atoms with Gasteiger partial charge in [-0.3, -0.25) is 14.5 Å². The van der Waals surface area contributed by atoms with E-state index in [4.69, 9.17) is 4.74 Å². The zero-order chi connectivity index (χ0) is 13.4. The Bertz CT molecular complexity index is 385. The van der Waals surface area contributed by atoms with Gasteiger partial charge in [-0.2, -0.15) is 0 Å². The summed E-state index contributed by atoms with van der Waals surface area (Å²) in [7, 11) is 0. The standard InChI is InChI=1S/C14H22N2O3/c1-10(17)15-7-2-4-11(15)12-5-3-8-16(12)13-6-9-19-14(13)18/h11-13H,2-9H2,1H3. The second-order valence-electron chi connectivity index (χ2n) is 5.84. The quantitative estimate of drug-likeness (QED) is 0.693. The van der Waals surface area contributed by atoms with Crippen molar-refractivity contribution in [3.63, 3.8) is 0 Å². The minimum Gasteiger partial charge on any atom is -0.464 e. The Morgan fingerprint density at radius 3 is 2.58 bits per heavy atom. The smallest absolute Gasteiger partial charge is 0.323 e. The fourth-order valence-corrected chi connectivity index (χ4v) is 3.98. The minimum atomic E-state index is -0.0701. The summed E-state index contributed by atoms with van der Waals surface area (Å²) in [6, 6.07) is 0.581. The Balaban J connectivity index is 1.75. The number of nitrogens with zero attached hydrogens (tertiary/aromatic N) is 2. The first-order valence-electron chi connectivity index (χ1n) is 7.38. The van der Waals surface area contributed by atoms with Crippen LogP contribution in [0, 0.1) is 0 Å². The van der Waals surface area contributed by atoms with E-state index in [1.807, 2.05) is 4.90 Å². The molecule has 3 unspecified atom stereocenters. The molecule has 3 saturated heterocycles. The van der Waals surface area contributed by atoms with Crippen LogP contribution < -0.4 is 0 Å². The molecule has 3 atom stereocenters. The molecule has 19 heavy (non-hydrogen) atoms. The van der Waals surface area contributed by atoms with Crippen molar-refractivity contribution in [2.24, 2.45) is 0 Å². The normalized spacial score (nSPS) is 35.9. The molecule has 0 spiro atoms. The van der Waals surface area contributed by atoms with Crippen LogP contribution in [0.15, 0.2) is 0 Å². The van der Waals surface area contributed by atoms with Gasteiger partial charge in [0.1, 0.15) is 6.04 Å². The van der Waals surface area contributed by atoms with Crippen LogP contribution in [0.1, 0.15) is 39.0 Å². The molecule has 0 bridgehead atoms. The number of ether oxygens (including phenoxy) is 1. The van der Waals surface area contributed by atoms with Gasteiger partial charge < -0.3 is 9.64 Å². The molecule has 0 aromatic heterocycles. The van der Waals surface area contributed by atoms with Gasteiger partial charge in [0.25, 0.3) is 0 Å². The van der Waals surface area contributed by atoms with Gasteiger partial charge in [-0.15, -0.1) is 0 Å². The van der Waals surface area contributed by atoms with Gasteiger partial charge in [0, 0.05) is 32.0 Å². The number of carbonyl (C=O) groups is 2. The Kier molecular flexibility index (Phi) is 3.48. The maximum absolute atomic E-state index is 11.8. The largest absolute Gasteiger partial charge is 0.464 e. The molecule has 0 saturated carbocycles. The van der Waals surface area contributed by atoms with Crippen LogP contribution in [0.4, 0.5) is 0 Å². The highest BCUT2D eigenvalue weighted by molar-refractivity contribution is 5.77. The Hall–Kier alpha value is -1.10. The van der Waals surface area contributed by atoms with Gasteiger partial charge in [0.2, 0.25) is 5.91 Å². The molecule has 0 aromatic rings. The van der Waals surface area contributed by atoms with Crippen LogP contribution in [0.3, 0.4) is 0 Å². The first kappa shape index (κ1) is 12.9. The molecule has 0 N–H and O–H groups in total. The topological polar surface area (TPSA) is 49.9 Å². The molecule has 3 heterocycles. The molecule has 0 aliphatic carbocycles. The third-order valence-corrected chi connectivity index (χ3v) is 4.80. The summed E-state index contributed by atoms with van der Waals surface area (Å²) in [5.74, 6) is 0.0996. The van der Waals surface area contributed by atoms with Crippen LogP contribution >= 0.6 is 0 Å². The lowest BCUT2D eigenvalue weighted by Gasteiger charge is -2.36. The second kappa shape index (κ2) is 5.12. The average Bonchev–Trinajstić information content (AvgIpc) is 3.06. The third-order valence-electron chi connectivity index (χ3n) is 4.80. The van der Waals surface area contributed by atoms with E-state index in [9.17, 15) is 9.59 Å². The van der Waals surface area contributed by atoms with Gasteiger partial charge in [-0.05, 0) is 32.2 Å². The lowest BCUT2D eigenvalue weighted by molar-refractivity contribution is -0.143. The third kappa shape index (κ3) is 2.24. The van der Waals surface area contributed by atoms with E-state index in [2.05, 4.69) is 4.90 Å². The fourth-order valence-electron chi connectivity index (χ4n) is 3.98. The van der Waals surface area contributed by atoms with E-state index in [-0.39, 0.29) is 17.9 Å². The molecular formula is C14H22N2O3. The van der Waals surface area contributed by atoms with Crippen molar-refractivity contribution in [2.45, 2.75) is 57.2 Å². The predicted molar refractivity (Wildman–Crippen MR) is 69.5 cm³/mol. The molecule has 3 aliphatic heterocycles. The van der Waals surface area contributed by atoms with Gasteiger partial charge in [0.05, 0.1) is 6.61 Å². The highest BCUT2D eigenvalue weighted by atomic mass is 16.5. The van der Waals surface area contributed by atoms with Crippen molar-refractivity contribution in [3.05, 3.63) is 0 Å². The summed E-state index contributed by atoms with van der Waals surface area (Å²) in [4.78, 5) is 27.8. The van der Waals surface area contributed by atoms with E-state index in [1.165, 1.54) is 0 Å². The molecular weight excluding hydrogens is 244 g/mol. The number of hydrogen-bond donors (Lipinski definition) is 0. The van der Waals surface area contributed by atoms with E-state index >= 15 is 0 Å². The summed E-state index contributed by atoms with van der Waals surface area (Å²) in [5, 5.41) is 0. The first-order valence-corrected chi connectivity index (χ1v) is 7.38. The van der Waals surface area contributed by atoms with Crippen LogP contribution in [0.25, 0.3) is 0 Å². The predicted octanol–water partition coefficient (Wildman–Crippen LogP) is 0.777. The van der Waals surface area contributed by atoms with Crippen LogP contribution in [0.5, 0.6) is 0 Å². The molecule has 5 heteroatoms. The van der Waals surface area contributed by atoms with Crippen LogP contribution in [-0.2, 0) is 14.3 Å². The number of hydrogen-bond acceptors (Lipinski definition) is 4. The highest BCUT2D eigenvalue weighted by Crippen LogP contribution is 2.33. The summed E-state index contributed by atoms with van der Waals surface area (Å²) < 4.78 is 5.10. The number of carbonyl (C=O) groups excluding carboxylic acids is 2. The molecule has 1 amide bonds. The van der Waals surface area contributed by atoms with E-state index in [1.54, 1.807) is 6.92 Å². The van der Waals surface area contributed by atoms with Gasteiger partial charge in [0.15, 0.2) is 0 Å². The average molecular weight is 266 g/mol. The van der Waals surface area contributed by atoms with Crippen molar-refractivity contribution in [1.82, 2.24) is 9.80 Å². The Morgan fingerprint density at radius 2 is 1.89 bits per heavy atom. The van der Waals surface area contributed by atoms with E-state index in [0.29, 0.717) is 18.7 Å². The number of cyclic esters (lactones) is 1. The van der Waals surface area contributed by atoms with Gasteiger partial charge in [-0.25, -0.2) is 0 Å². The monoisotopic (exact) mass is 266 g/mol. The molecule has 106 valence electrons. The van der Waals surface area contributed by atoms with Crippen LogP contribution in [-0.4, -0.2) is 59.5 Å². The number of rotatable bonds is 2. The number of likely N-dealkylation sites (tertiary alicyclic amines) is 2. The fraction of sp³-hybridized carbons (Fsp3) is 0.857. The zero-order valence-electron chi connectivity index (χ0n) is 11.5. The highest BCUT2D eigenvalue weighted by Gasteiger charge is 2.44. The molecule has 0 radical (unpaired) electrons. The second-order valence-corrected chi connectivity index (χ2v) is 5.84. The summed E-state index contributed by atoms with van der Waals surface area (Å²) in [6.07, 6.45) is 5.18. The first-order chi connectivity index (χ1) is 9.18. The lowest BCUT2D eigenvalue weighted by Crippen LogP contribution is -2.51. The summed E-state index contributed by atoms with van der Waals surface area (Å²) in [6.45, 7) is 4.04. The molecule has 3 aliphatic rings.